The van der Waals surface area contributed by atoms with Gasteiger partial charge in [0.05, 0.1) is 5.69 Å². The third-order valence-corrected chi connectivity index (χ3v) is 5.49. The Kier molecular flexibility index (Phi) is 5.88. The minimum Gasteiger partial charge on any atom is -0.326 e. The van der Waals surface area contributed by atoms with E-state index in [0.29, 0.717) is 40.8 Å². The SMILES string of the molecule is Cc1ccc(NC(=O)CCc2c(C)nn(-c3nc(C)c(C)c(=O)[nH]3)c2C)cc1Cl. The summed E-state index contributed by atoms with van der Waals surface area (Å²) in [7, 11) is 0. The minimum atomic E-state index is -0.183. The van der Waals surface area contributed by atoms with E-state index in [1.54, 1.807) is 24.6 Å². The van der Waals surface area contributed by atoms with E-state index < -0.39 is 0 Å². The number of nitrogens with zero attached hydrogens (tertiary/aromatic N) is 3. The van der Waals surface area contributed by atoms with Gasteiger partial charge in [-0.15, -0.1) is 0 Å². The fourth-order valence-corrected chi connectivity index (χ4v) is 3.29. The average molecular weight is 414 g/mol. The summed E-state index contributed by atoms with van der Waals surface area (Å²) >= 11 is 6.11. The van der Waals surface area contributed by atoms with Gasteiger partial charge in [-0.3, -0.25) is 14.6 Å². The monoisotopic (exact) mass is 413 g/mol. The molecule has 2 aromatic heterocycles. The number of hydrogen-bond donors (Lipinski definition) is 2. The van der Waals surface area contributed by atoms with E-state index in [1.807, 2.05) is 32.9 Å². The number of amides is 1. The van der Waals surface area contributed by atoms with E-state index in [2.05, 4.69) is 20.4 Å². The highest BCUT2D eigenvalue weighted by Crippen LogP contribution is 2.21. The summed E-state index contributed by atoms with van der Waals surface area (Å²) in [6.07, 6.45) is 0.827. The number of aromatic nitrogens is 4. The third-order valence-electron chi connectivity index (χ3n) is 5.08. The Morgan fingerprint density at radius 1 is 1.17 bits per heavy atom. The molecule has 1 aromatic carbocycles. The van der Waals surface area contributed by atoms with Crippen molar-refractivity contribution in [1.82, 2.24) is 19.7 Å². The van der Waals surface area contributed by atoms with Crippen LogP contribution in [-0.2, 0) is 11.2 Å². The lowest BCUT2D eigenvalue weighted by molar-refractivity contribution is -0.116. The van der Waals surface area contributed by atoms with Crippen LogP contribution in [0.5, 0.6) is 0 Å². The predicted octanol–water partition coefficient (Wildman–Crippen LogP) is 3.72. The van der Waals surface area contributed by atoms with E-state index in [-0.39, 0.29) is 11.5 Å². The van der Waals surface area contributed by atoms with Gasteiger partial charge in [0.2, 0.25) is 11.9 Å². The molecule has 2 N–H and O–H groups in total. The molecule has 3 rings (SSSR count). The van der Waals surface area contributed by atoms with E-state index in [0.717, 1.165) is 22.5 Å². The number of nitrogens with one attached hydrogen (secondary N) is 2. The number of H-pyrrole nitrogens is 1. The zero-order chi connectivity index (χ0) is 21.3. The van der Waals surface area contributed by atoms with Crippen LogP contribution in [-0.4, -0.2) is 25.7 Å². The van der Waals surface area contributed by atoms with Gasteiger partial charge in [0.15, 0.2) is 0 Å². The first-order chi connectivity index (χ1) is 13.7. The lowest BCUT2D eigenvalue weighted by Gasteiger charge is -2.08. The number of halogens is 1. The van der Waals surface area contributed by atoms with Crippen molar-refractivity contribution >= 4 is 23.2 Å². The second kappa shape index (κ2) is 8.21. The van der Waals surface area contributed by atoms with Crippen LogP contribution < -0.4 is 10.9 Å². The number of aryl methyl sites for hydroxylation is 3. The van der Waals surface area contributed by atoms with Gasteiger partial charge < -0.3 is 5.32 Å². The molecule has 8 heteroatoms. The Labute approximate surface area is 174 Å². The normalized spacial score (nSPS) is 11.0. The molecule has 152 valence electrons. The van der Waals surface area contributed by atoms with Gasteiger partial charge in [-0.25, -0.2) is 9.67 Å². The number of carbonyl (C=O) groups is 1. The Morgan fingerprint density at radius 3 is 2.55 bits per heavy atom. The van der Waals surface area contributed by atoms with Gasteiger partial charge in [0.25, 0.3) is 5.56 Å². The molecule has 0 bridgehead atoms. The van der Waals surface area contributed by atoms with Crippen molar-refractivity contribution in [3.8, 4) is 5.95 Å². The molecule has 0 spiro atoms. The fourth-order valence-electron chi connectivity index (χ4n) is 3.11. The molecule has 3 aromatic rings. The van der Waals surface area contributed by atoms with Gasteiger partial charge in [0, 0.05) is 34.1 Å². The van der Waals surface area contributed by atoms with Crippen LogP contribution in [0.3, 0.4) is 0 Å². The predicted molar refractivity (Wildman–Crippen MR) is 114 cm³/mol. The first kappa shape index (κ1) is 20.8. The molecule has 0 unspecified atom stereocenters. The van der Waals surface area contributed by atoms with Crippen LogP contribution in [0.15, 0.2) is 23.0 Å². The van der Waals surface area contributed by atoms with Crippen molar-refractivity contribution in [3.63, 3.8) is 0 Å². The van der Waals surface area contributed by atoms with Crippen molar-refractivity contribution < 1.29 is 4.79 Å². The van der Waals surface area contributed by atoms with E-state index in [4.69, 9.17) is 11.6 Å². The van der Waals surface area contributed by atoms with Crippen LogP contribution in [0.25, 0.3) is 5.95 Å². The van der Waals surface area contributed by atoms with E-state index in [9.17, 15) is 9.59 Å². The second-order valence-electron chi connectivity index (χ2n) is 7.17. The topological polar surface area (TPSA) is 92.7 Å². The molecular formula is C21H24ClN5O2. The number of hydrogen-bond acceptors (Lipinski definition) is 4. The highest BCUT2D eigenvalue weighted by molar-refractivity contribution is 6.31. The number of benzene rings is 1. The molecule has 1 amide bonds. The average Bonchev–Trinajstić information content (AvgIpc) is 2.94. The Balaban J connectivity index is 1.76. The molecule has 0 radical (unpaired) electrons. The lowest BCUT2D eigenvalue weighted by Crippen LogP contribution is -2.18. The van der Waals surface area contributed by atoms with Crippen molar-refractivity contribution in [2.75, 3.05) is 5.32 Å². The molecule has 2 heterocycles. The summed E-state index contributed by atoms with van der Waals surface area (Å²) < 4.78 is 1.62. The van der Waals surface area contributed by atoms with Crippen molar-refractivity contribution in [2.45, 2.75) is 47.5 Å². The summed E-state index contributed by atoms with van der Waals surface area (Å²) in [5.74, 6) is 0.276. The molecule has 0 aliphatic rings. The van der Waals surface area contributed by atoms with Crippen LogP contribution in [0, 0.1) is 34.6 Å². The van der Waals surface area contributed by atoms with Crippen molar-refractivity contribution in [3.05, 3.63) is 67.3 Å². The van der Waals surface area contributed by atoms with Crippen LogP contribution in [0.2, 0.25) is 5.02 Å². The smallest absolute Gasteiger partial charge is 0.255 e. The van der Waals surface area contributed by atoms with Gasteiger partial charge in [-0.05, 0) is 64.3 Å². The summed E-state index contributed by atoms with van der Waals surface area (Å²) in [5.41, 5.74) is 5.31. The van der Waals surface area contributed by atoms with Gasteiger partial charge in [0.1, 0.15) is 0 Å². The number of anilines is 1. The zero-order valence-electron chi connectivity index (χ0n) is 17.2. The number of rotatable bonds is 5. The zero-order valence-corrected chi connectivity index (χ0v) is 17.9. The lowest BCUT2D eigenvalue weighted by atomic mass is 10.1. The van der Waals surface area contributed by atoms with Gasteiger partial charge >= 0.3 is 0 Å². The first-order valence-electron chi connectivity index (χ1n) is 9.36. The molecule has 0 saturated heterocycles. The highest BCUT2D eigenvalue weighted by Gasteiger charge is 2.16. The van der Waals surface area contributed by atoms with Gasteiger partial charge in [-0.2, -0.15) is 5.10 Å². The van der Waals surface area contributed by atoms with Gasteiger partial charge in [-0.1, -0.05) is 17.7 Å². The maximum Gasteiger partial charge on any atom is 0.255 e. The highest BCUT2D eigenvalue weighted by atomic mass is 35.5. The maximum atomic E-state index is 12.4. The van der Waals surface area contributed by atoms with E-state index in [1.165, 1.54) is 0 Å². The molecule has 7 nitrogen and oxygen atoms in total. The largest absolute Gasteiger partial charge is 0.326 e. The molecule has 0 atom stereocenters. The minimum absolute atomic E-state index is 0.103. The number of carbonyl (C=O) groups excluding carboxylic acids is 1. The Hall–Kier alpha value is -2.93. The quantitative estimate of drug-likeness (QED) is 0.666. The number of aromatic amines is 1. The second-order valence-corrected chi connectivity index (χ2v) is 7.58. The van der Waals surface area contributed by atoms with E-state index >= 15 is 0 Å². The van der Waals surface area contributed by atoms with Crippen molar-refractivity contribution in [1.29, 1.82) is 0 Å². The summed E-state index contributed by atoms with van der Waals surface area (Å²) in [5, 5.41) is 8.00. The standard InChI is InChI=1S/C21H24ClN5O2/c1-11-6-7-16(10-18(11)22)24-19(28)9-8-17-14(4)26-27(15(17)5)21-23-13(3)12(2)20(29)25-21/h6-7,10H,8-9H2,1-5H3,(H,24,28)(H,23,25,29). The molecule has 0 aliphatic carbocycles. The molecular weight excluding hydrogens is 390 g/mol. The Morgan fingerprint density at radius 2 is 1.90 bits per heavy atom. The molecule has 0 fully saturated rings. The van der Waals surface area contributed by atoms with Crippen LogP contribution >= 0.6 is 11.6 Å². The fraction of sp³-hybridized carbons (Fsp3) is 0.333. The summed E-state index contributed by atoms with van der Waals surface area (Å²) in [6, 6.07) is 5.44. The Bertz CT molecular complexity index is 1150. The first-order valence-corrected chi connectivity index (χ1v) is 9.74. The van der Waals surface area contributed by atoms with Crippen LogP contribution in [0.1, 0.15) is 40.2 Å². The summed E-state index contributed by atoms with van der Waals surface area (Å²) in [6.45, 7) is 9.23. The molecule has 29 heavy (non-hydrogen) atoms. The third kappa shape index (κ3) is 4.40. The summed E-state index contributed by atoms with van der Waals surface area (Å²) in [4.78, 5) is 31.6. The molecule has 0 saturated carbocycles. The molecule has 0 aliphatic heterocycles. The van der Waals surface area contributed by atoms with Crippen LogP contribution in [0.4, 0.5) is 5.69 Å². The maximum absolute atomic E-state index is 12.4. The van der Waals surface area contributed by atoms with Crippen molar-refractivity contribution in [2.24, 2.45) is 0 Å².